The first kappa shape index (κ1) is 14.3. The number of hydrogen-bond acceptors (Lipinski definition) is 7. The molecule has 8 heteroatoms. The molecule has 1 aliphatic heterocycles. The van der Waals surface area contributed by atoms with Crippen LogP contribution in [0.2, 0.25) is 0 Å². The van der Waals surface area contributed by atoms with Gasteiger partial charge in [-0.3, -0.25) is 0 Å². The van der Waals surface area contributed by atoms with Gasteiger partial charge in [0, 0.05) is 5.97 Å². The van der Waals surface area contributed by atoms with Gasteiger partial charge in [0.1, 0.15) is 4.81 Å². The third kappa shape index (κ3) is 3.34. The Bertz CT molecular complexity index is 374. The van der Waals surface area contributed by atoms with Gasteiger partial charge < -0.3 is 9.90 Å². The summed E-state index contributed by atoms with van der Waals surface area (Å²) in [6.07, 6.45) is -0.306. The van der Waals surface area contributed by atoms with E-state index >= 15 is 0 Å². The molecule has 8 nitrogen and oxygen atoms in total. The molecule has 1 saturated heterocycles. The van der Waals surface area contributed by atoms with Crippen LogP contribution >= 0.6 is 0 Å². The van der Waals surface area contributed by atoms with Crippen LogP contribution in [0.1, 0.15) is 38.5 Å². The number of amides is 2. The Balaban J connectivity index is 2.38. The van der Waals surface area contributed by atoms with Gasteiger partial charge in [-0.05, 0) is 19.3 Å². The minimum atomic E-state index is -1.93. The van der Waals surface area contributed by atoms with Crippen molar-refractivity contribution in [3.05, 3.63) is 0 Å². The van der Waals surface area contributed by atoms with Gasteiger partial charge in [-0.15, -0.1) is 0 Å². The normalized spacial score (nSPS) is 17.8. The predicted octanol–water partition coefficient (Wildman–Crippen LogP) is -1.19. The van der Waals surface area contributed by atoms with Gasteiger partial charge in [-0.1, -0.05) is 0 Å². The molecule has 0 atom stereocenters. The first-order valence-electron chi connectivity index (χ1n) is 5.47. The van der Waals surface area contributed by atoms with Crippen LogP contribution in [-0.2, 0) is 24.0 Å². The van der Waals surface area contributed by atoms with E-state index in [1.54, 1.807) is 0 Å². The average molecular weight is 259 g/mol. The number of carbonyl (C=O) groups is 4. The maximum absolute atomic E-state index is 11.3. The third-order valence-electron chi connectivity index (χ3n) is 2.47. The van der Waals surface area contributed by atoms with Gasteiger partial charge in [0.05, 0.1) is 19.3 Å². The molecule has 1 N–H and O–H groups in total. The predicted molar refractivity (Wildman–Crippen MR) is 50.9 cm³/mol. The second-order valence-corrected chi connectivity index (χ2v) is 3.91. The molecule has 0 saturated carbocycles. The molecular formula is C10H13NO7. The number of aliphatic carboxylic acids is 1. The zero-order valence-corrected chi connectivity index (χ0v) is 9.59. The topological polar surface area (TPSA) is 121 Å². The highest BCUT2D eigenvalue weighted by atomic mass is 17.0. The lowest BCUT2D eigenvalue weighted by Crippen LogP contribution is -2.50. The molecule has 0 aliphatic carbocycles. The van der Waals surface area contributed by atoms with Gasteiger partial charge >= 0.3 is 17.8 Å². The van der Waals surface area contributed by atoms with E-state index in [1.807, 2.05) is 0 Å². The highest BCUT2D eigenvalue weighted by Crippen LogP contribution is 2.21. The molecule has 0 aromatic carbocycles. The molecule has 0 bridgehead atoms. The molecule has 1 aliphatic rings. The van der Waals surface area contributed by atoms with E-state index in [1.165, 1.54) is 0 Å². The van der Waals surface area contributed by atoms with Crippen LogP contribution in [-0.4, -0.2) is 33.8 Å². The van der Waals surface area contributed by atoms with Gasteiger partial charge in [-0.2, -0.15) is 5.21 Å². The number of carboxylic acids is 1. The summed E-state index contributed by atoms with van der Waals surface area (Å²) in [6.45, 7) is 0. The third-order valence-corrected chi connectivity index (χ3v) is 2.47. The number of carboxylic acid groups (broad SMARTS) is 1. The molecule has 0 unspecified atom stereocenters. The number of unbranched alkanes of at least 4 members (excludes halogenated alkanes) is 1. The Morgan fingerprint density at radius 2 is 1.67 bits per heavy atom. The molecule has 1 heterocycles. The summed E-state index contributed by atoms with van der Waals surface area (Å²) in [5.74, 6) is -3.93. The Kier molecular flexibility index (Phi) is 4.51. The van der Waals surface area contributed by atoms with Crippen LogP contribution in [0.5, 0.6) is 0 Å². The summed E-state index contributed by atoms with van der Waals surface area (Å²) in [4.78, 5) is 46.3. The van der Waals surface area contributed by atoms with Crippen molar-refractivity contribution in [2.75, 3.05) is 0 Å². The number of rotatable bonds is 6. The van der Waals surface area contributed by atoms with E-state index in [4.69, 9.17) is 0 Å². The minimum Gasteiger partial charge on any atom is -0.550 e. The summed E-state index contributed by atoms with van der Waals surface area (Å²) in [5, 5.41) is 19.6. The lowest BCUT2D eigenvalue weighted by atomic mass is 10.2. The van der Waals surface area contributed by atoms with Crippen molar-refractivity contribution in [3.63, 3.8) is 0 Å². The molecule has 0 aromatic heterocycles. The number of hydrogen-bond donors (Lipinski definition) is 1. The van der Waals surface area contributed by atoms with Gasteiger partial charge in [0.2, 0.25) is 0 Å². The van der Waals surface area contributed by atoms with Crippen LogP contribution < -0.4 is 5.11 Å². The molecule has 18 heavy (non-hydrogen) atoms. The minimum absolute atomic E-state index is 0.173. The van der Waals surface area contributed by atoms with Crippen molar-refractivity contribution in [1.82, 2.24) is 0 Å². The number of imide groups is 1. The van der Waals surface area contributed by atoms with Crippen molar-refractivity contribution in [2.24, 2.45) is 0 Å². The van der Waals surface area contributed by atoms with Crippen molar-refractivity contribution in [2.45, 2.75) is 38.5 Å². The van der Waals surface area contributed by atoms with Crippen molar-refractivity contribution >= 4 is 23.8 Å². The van der Waals surface area contributed by atoms with E-state index in [0.29, 0.717) is 0 Å². The summed E-state index contributed by atoms with van der Waals surface area (Å²) in [5.41, 5.74) is 0. The Morgan fingerprint density at radius 3 is 2.17 bits per heavy atom. The molecule has 0 aromatic rings. The second-order valence-electron chi connectivity index (χ2n) is 3.91. The smallest absolute Gasteiger partial charge is 0.397 e. The lowest BCUT2D eigenvalue weighted by molar-refractivity contribution is -1.12. The molecule has 0 spiro atoms. The molecule has 0 radical (unpaired) electrons. The Morgan fingerprint density at radius 1 is 1.17 bits per heavy atom. The van der Waals surface area contributed by atoms with E-state index in [9.17, 15) is 29.5 Å². The first-order chi connectivity index (χ1) is 8.36. The number of quaternary nitrogens is 1. The Labute approximate surface area is 102 Å². The molecule has 100 valence electrons. The zero-order chi connectivity index (χ0) is 13.8. The number of carbonyl (C=O) groups excluding carboxylic acids is 4. The molecular weight excluding hydrogens is 246 g/mol. The standard InChI is InChI=1S/C10H13NO7/c12-7-5-6-8(13)11(7,17)18-10(16)4-2-1-3-9(14)15/h17H,1-6H2. The number of nitrogens with zero attached hydrogens (tertiary/aromatic N) is 1. The highest BCUT2D eigenvalue weighted by Gasteiger charge is 2.55. The maximum Gasteiger partial charge on any atom is 0.397 e. The van der Waals surface area contributed by atoms with Crippen LogP contribution in [0.25, 0.3) is 0 Å². The van der Waals surface area contributed by atoms with Crippen LogP contribution in [0.3, 0.4) is 0 Å². The summed E-state index contributed by atoms with van der Waals surface area (Å²) in [7, 11) is 0. The Hall–Kier alpha value is -1.80. The zero-order valence-electron chi connectivity index (χ0n) is 9.59. The average Bonchev–Trinajstić information content (AvgIpc) is 2.52. The van der Waals surface area contributed by atoms with E-state index in [0.717, 1.165) is 0 Å². The van der Waals surface area contributed by atoms with Crippen molar-refractivity contribution < 1.29 is 39.1 Å². The largest absolute Gasteiger partial charge is 0.550 e. The first-order valence-corrected chi connectivity index (χ1v) is 5.47. The fourth-order valence-electron chi connectivity index (χ4n) is 1.49. The fourth-order valence-corrected chi connectivity index (χ4v) is 1.49. The van der Waals surface area contributed by atoms with Gasteiger partial charge in [0.15, 0.2) is 0 Å². The molecule has 1 fully saturated rings. The van der Waals surface area contributed by atoms with E-state index < -0.39 is 28.6 Å². The molecule has 2 amide bonds. The van der Waals surface area contributed by atoms with Gasteiger partial charge in [0.25, 0.3) is 0 Å². The van der Waals surface area contributed by atoms with E-state index in [2.05, 4.69) is 4.84 Å². The van der Waals surface area contributed by atoms with Crippen LogP contribution in [0, 0.1) is 0 Å². The summed E-state index contributed by atoms with van der Waals surface area (Å²) < 4.78 is 0. The number of hydroxylamine groups is 4. The molecule has 1 rings (SSSR count). The summed E-state index contributed by atoms with van der Waals surface area (Å²) in [6, 6.07) is 0. The lowest BCUT2D eigenvalue weighted by Gasteiger charge is -2.15. The highest BCUT2D eigenvalue weighted by molar-refractivity contribution is 5.91. The van der Waals surface area contributed by atoms with Crippen molar-refractivity contribution in [3.8, 4) is 0 Å². The van der Waals surface area contributed by atoms with Crippen LogP contribution in [0.4, 0.5) is 0 Å². The monoisotopic (exact) mass is 259 g/mol. The maximum atomic E-state index is 11.3. The SMILES string of the molecule is O=C([O-])CCCCC(=O)O[N+]1(O)C(=O)CCC1=O. The van der Waals surface area contributed by atoms with Gasteiger partial charge in [-0.25, -0.2) is 19.2 Å². The summed E-state index contributed by atoms with van der Waals surface area (Å²) >= 11 is 0. The van der Waals surface area contributed by atoms with Crippen molar-refractivity contribution in [1.29, 1.82) is 0 Å². The van der Waals surface area contributed by atoms with E-state index in [-0.39, 0.29) is 38.5 Å². The van der Waals surface area contributed by atoms with Crippen LogP contribution in [0.15, 0.2) is 0 Å². The quantitative estimate of drug-likeness (QED) is 0.275. The second kappa shape index (κ2) is 5.69. The fraction of sp³-hybridized carbons (Fsp3) is 0.600.